The largest absolute Gasteiger partial charge is 0.376 e. The van der Waals surface area contributed by atoms with Crippen LogP contribution in [0.2, 0.25) is 0 Å². The molecule has 0 aromatic heterocycles. The average Bonchev–Trinajstić information content (AvgIpc) is 2.48. The summed E-state index contributed by atoms with van der Waals surface area (Å²) < 4.78 is 13.0. The summed E-state index contributed by atoms with van der Waals surface area (Å²) in [5, 5.41) is 9.66. The number of nitrogens with zero attached hydrogens (tertiary/aromatic N) is 1. The Labute approximate surface area is 78.7 Å². The van der Waals surface area contributed by atoms with Crippen molar-refractivity contribution >= 4 is 0 Å². The van der Waals surface area contributed by atoms with Gasteiger partial charge in [-0.3, -0.25) is 4.90 Å². The summed E-state index contributed by atoms with van der Waals surface area (Å²) in [5.41, 5.74) is -1.02. The van der Waals surface area contributed by atoms with Gasteiger partial charge in [-0.15, -0.1) is 6.42 Å². The molecule has 1 rings (SSSR count). The SMILES string of the molecule is C#CC1(O)CCN(CC(F)CC)C1. The van der Waals surface area contributed by atoms with Gasteiger partial charge in [0.15, 0.2) is 0 Å². The second-order valence-electron chi connectivity index (χ2n) is 3.67. The number of β-amino-alcohol motifs (C(OH)–C–C–N with tert-alkyl or cyclic N) is 1. The van der Waals surface area contributed by atoms with Crippen molar-refractivity contribution in [1.82, 2.24) is 4.90 Å². The van der Waals surface area contributed by atoms with E-state index in [0.29, 0.717) is 32.5 Å². The van der Waals surface area contributed by atoms with E-state index in [4.69, 9.17) is 6.42 Å². The number of terminal acetylenes is 1. The number of alkyl halides is 1. The van der Waals surface area contributed by atoms with Crippen molar-refractivity contribution in [2.24, 2.45) is 0 Å². The lowest BCUT2D eigenvalue weighted by Gasteiger charge is -2.19. The number of aliphatic hydroxyl groups is 1. The molecule has 3 heteroatoms. The molecule has 0 amide bonds. The molecule has 2 nitrogen and oxygen atoms in total. The molecule has 1 saturated heterocycles. The lowest BCUT2D eigenvalue weighted by molar-refractivity contribution is 0.102. The van der Waals surface area contributed by atoms with E-state index >= 15 is 0 Å². The first-order chi connectivity index (χ1) is 6.09. The number of hydrogen-bond acceptors (Lipinski definition) is 2. The molecule has 13 heavy (non-hydrogen) atoms. The predicted octanol–water partition coefficient (Wildman–Crippen LogP) is 0.804. The van der Waals surface area contributed by atoms with Crippen LogP contribution in [0.4, 0.5) is 4.39 Å². The maximum atomic E-state index is 13.0. The van der Waals surface area contributed by atoms with E-state index in [1.165, 1.54) is 0 Å². The number of likely N-dealkylation sites (tertiary alicyclic amines) is 1. The van der Waals surface area contributed by atoms with E-state index < -0.39 is 11.8 Å². The minimum atomic E-state index is -1.02. The van der Waals surface area contributed by atoms with Gasteiger partial charge in [0.1, 0.15) is 11.8 Å². The van der Waals surface area contributed by atoms with Gasteiger partial charge in [-0.2, -0.15) is 0 Å². The molecule has 1 N–H and O–H groups in total. The zero-order valence-corrected chi connectivity index (χ0v) is 7.96. The summed E-state index contributed by atoms with van der Waals surface area (Å²) in [6, 6.07) is 0. The zero-order chi connectivity index (χ0) is 9.90. The summed E-state index contributed by atoms with van der Waals surface area (Å²) in [6.45, 7) is 3.31. The van der Waals surface area contributed by atoms with Gasteiger partial charge in [0, 0.05) is 26.1 Å². The van der Waals surface area contributed by atoms with Gasteiger partial charge in [-0.1, -0.05) is 12.8 Å². The summed E-state index contributed by atoms with van der Waals surface area (Å²) >= 11 is 0. The van der Waals surface area contributed by atoms with Crippen LogP contribution in [0, 0.1) is 12.3 Å². The van der Waals surface area contributed by atoms with Crippen molar-refractivity contribution in [3.63, 3.8) is 0 Å². The number of halogens is 1. The maximum absolute atomic E-state index is 13.0. The molecule has 2 unspecified atom stereocenters. The molecule has 1 fully saturated rings. The summed E-state index contributed by atoms with van der Waals surface area (Å²) in [5.74, 6) is 2.35. The molecule has 74 valence electrons. The highest BCUT2D eigenvalue weighted by Crippen LogP contribution is 2.20. The molecular weight excluding hydrogens is 169 g/mol. The summed E-state index contributed by atoms with van der Waals surface area (Å²) in [7, 11) is 0. The molecule has 2 atom stereocenters. The van der Waals surface area contributed by atoms with Gasteiger partial charge in [-0.25, -0.2) is 4.39 Å². The minimum Gasteiger partial charge on any atom is -0.376 e. The van der Waals surface area contributed by atoms with E-state index in [2.05, 4.69) is 5.92 Å². The van der Waals surface area contributed by atoms with Crippen LogP contribution in [0.15, 0.2) is 0 Å². The lowest BCUT2D eigenvalue weighted by atomic mass is 10.1. The highest BCUT2D eigenvalue weighted by Gasteiger charge is 2.34. The molecule has 0 aromatic carbocycles. The first kappa shape index (κ1) is 10.5. The van der Waals surface area contributed by atoms with Gasteiger partial charge in [-0.05, 0) is 6.42 Å². The zero-order valence-electron chi connectivity index (χ0n) is 7.96. The smallest absolute Gasteiger partial charge is 0.139 e. The Bertz CT molecular complexity index is 213. The average molecular weight is 185 g/mol. The minimum absolute atomic E-state index is 0.389. The van der Waals surface area contributed by atoms with Crippen molar-refractivity contribution in [1.29, 1.82) is 0 Å². The van der Waals surface area contributed by atoms with Gasteiger partial charge in [0.25, 0.3) is 0 Å². The van der Waals surface area contributed by atoms with E-state index in [1.54, 1.807) is 0 Å². The highest BCUT2D eigenvalue weighted by molar-refractivity contribution is 5.12. The van der Waals surface area contributed by atoms with Crippen molar-refractivity contribution < 1.29 is 9.50 Å². The molecule has 0 spiro atoms. The summed E-state index contributed by atoms with van der Waals surface area (Å²) in [4.78, 5) is 1.88. The Hall–Kier alpha value is -0.590. The number of hydrogen-bond donors (Lipinski definition) is 1. The molecule has 1 aliphatic rings. The van der Waals surface area contributed by atoms with E-state index in [9.17, 15) is 9.50 Å². The van der Waals surface area contributed by atoms with Crippen LogP contribution in [-0.4, -0.2) is 41.4 Å². The first-order valence-corrected chi connectivity index (χ1v) is 4.66. The second-order valence-corrected chi connectivity index (χ2v) is 3.67. The third-order valence-corrected chi connectivity index (χ3v) is 2.49. The van der Waals surface area contributed by atoms with Gasteiger partial charge >= 0.3 is 0 Å². The Morgan fingerprint density at radius 1 is 1.77 bits per heavy atom. The van der Waals surface area contributed by atoms with E-state index in [1.807, 2.05) is 11.8 Å². The Balaban J connectivity index is 2.38. The fourth-order valence-electron chi connectivity index (χ4n) is 1.55. The molecule has 1 aliphatic heterocycles. The molecular formula is C10H16FNO. The first-order valence-electron chi connectivity index (χ1n) is 4.66. The van der Waals surface area contributed by atoms with E-state index in [0.717, 1.165) is 0 Å². The van der Waals surface area contributed by atoms with Crippen LogP contribution in [0.3, 0.4) is 0 Å². The molecule has 0 bridgehead atoms. The molecule has 0 radical (unpaired) electrons. The van der Waals surface area contributed by atoms with E-state index in [-0.39, 0.29) is 0 Å². The van der Waals surface area contributed by atoms with Gasteiger partial charge < -0.3 is 5.11 Å². The predicted molar refractivity (Wildman–Crippen MR) is 50.0 cm³/mol. The monoisotopic (exact) mass is 185 g/mol. The maximum Gasteiger partial charge on any atom is 0.139 e. The fourth-order valence-corrected chi connectivity index (χ4v) is 1.55. The normalized spacial score (nSPS) is 31.5. The Morgan fingerprint density at radius 3 is 2.92 bits per heavy atom. The third kappa shape index (κ3) is 2.68. The number of rotatable bonds is 3. The van der Waals surface area contributed by atoms with Gasteiger partial charge in [0.2, 0.25) is 0 Å². The van der Waals surface area contributed by atoms with Crippen molar-refractivity contribution in [2.45, 2.75) is 31.5 Å². The molecule has 0 saturated carbocycles. The quantitative estimate of drug-likeness (QED) is 0.657. The van der Waals surface area contributed by atoms with Crippen LogP contribution in [0.25, 0.3) is 0 Å². The van der Waals surface area contributed by atoms with Crippen molar-refractivity contribution in [3.05, 3.63) is 0 Å². The standard InChI is InChI=1S/C10H16FNO/c1-3-9(11)7-12-6-5-10(13,4-2)8-12/h2,9,13H,3,5-8H2,1H3. The Kier molecular flexibility index (Phi) is 3.29. The van der Waals surface area contributed by atoms with Crippen molar-refractivity contribution in [2.75, 3.05) is 19.6 Å². The topological polar surface area (TPSA) is 23.5 Å². The molecule has 1 heterocycles. The summed E-state index contributed by atoms with van der Waals surface area (Å²) in [6.07, 6.45) is 5.44. The van der Waals surface area contributed by atoms with Crippen LogP contribution in [0.5, 0.6) is 0 Å². The lowest BCUT2D eigenvalue weighted by Crippen LogP contribution is -2.34. The van der Waals surface area contributed by atoms with Crippen LogP contribution in [-0.2, 0) is 0 Å². The van der Waals surface area contributed by atoms with Crippen LogP contribution < -0.4 is 0 Å². The second kappa shape index (κ2) is 4.08. The van der Waals surface area contributed by atoms with Crippen LogP contribution in [0.1, 0.15) is 19.8 Å². The van der Waals surface area contributed by atoms with Crippen LogP contribution >= 0.6 is 0 Å². The Morgan fingerprint density at radius 2 is 2.46 bits per heavy atom. The van der Waals surface area contributed by atoms with Gasteiger partial charge in [0.05, 0.1) is 0 Å². The molecule has 0 aliphatic carbocycles. The third-order valence-electron chi connectivity index (χ3n) is 2.49. The fraction of sp³-hybridized carbons (Fsp3) is 0.800. The van der Waals surface area contributed by atoms with Crippen molar-refractivity contribution in [3.8, 4) is 12.3 Å². The highest BCUT2D eigenvalue weighted by atomic mass is 19.1. The molecule has 0 aromatic rings.